The number of hydrogen-bond acceptors (Lipinski definition) is 2. The first kappa shape index (κ1) is 11.0. The maximum Gasteiger partial charge on any atom is 0.115 e. The van der Waals surface area contributed by atoms with Gasteiger partial charge >= 0.3 is 0 Å². The highest BCUT2D eigenvalue weighted by Crippen LogP contribution is 2.31. The first-order valence-corrected chi connectivity index (χ1v) is 6.34. The summed E-state index contributed by atoms with van der Waals surface area (Å²) in [5, 5.41) is 10.2. The molecule has 1 N–H and O–H groups in total. The molecule has 0 aliphatic carbocycles. The van der Waals surface area contributed by atoms with Crippen LogP contribution in [-0.4, -0.2) is 22.6 Å². The van der Waals surface area contributed by atoms with Crippen LogP contribution in [0.5, 0.6) is 5.75 Å². The highest BCUT2D eigenvalue weighted by molar-refractivity contribution is 9.09. The number of phenols is 1. The summed E-state index contributed by atoms with van der Waals surface area (Å²) in [4.78, 5) is 0. The van der Waals surface area contributed by atoms with Gasteiger partial charge < -0.3 is 9.84 Å². The highest BCUT2D eigenvalue weighted by Gasteiger charge is 2.34. The first-order chi connectivity index (χ1) is 7.24. The van der Waals surface area contributed by atoms with E-state index in [2.05, 4.69) is 15.9 Å². The molecule has 0 aromatic heterocycles. The molecule has 1 saturated heterocycles. The minimum atomic E-state index is -0.0617. The monoisotopic (exact) mass is 270 g/mol. The van der Waals surface area contributed by atoms with Gasteiger partial charge in [0.2, 0.25) is 0 Å². The molecule has 0 radical (unpaired) electrons. The minimum absolute atomic E-state index is 0.0617. The molecule has 0 spiro atoms. The lowest BCUT2D eigenvalue weighted by Crippen LogP contribution is -2.32. The third-order valence-electron chi connectivity index (χ3n) is 2.87. The summed E-state index contributed by atoms with van der Waals surface area (Å²) < 4.78 is 5.81. The Hall–Kier alpha value is -0.540. The van der Waals surface area contributed by atoms with Crippen molar-refractivity contribution in [2.24, 2.45) is 0 Å². The molecule has 1 aliphatic heterocycles. The molecular weight excluding hydrogens is 256 g/mol. The second kappa shape index (κ2) is 4.54. The Morgan fingerprint density at radius 3 is 2.93 bits per heavy atom. The predicted octanol–water partition coefficient (Wildman–Crippen LogP) is 2.88. The standard InChI is InChI=1S/C12H15BrO2/c13-9-12(5-2-6-15-12)8-10-3-1-4-11(14)7-10/h1,3-4,7,14H,2,5-6,8-9H2. The van der Waals surface area contributed by atoms with E-state index in [0.29, 0.717) is 5.75 Å². The van der Waals surface area contributed by atoms with Gasteiger partial charge in [-0.15, -0.1) is 0 Å². The summed E-state index contributed by atoms with van der Waals surface area (Å²) in [6, 6.07) is 7.42. The third kappa shape index (κ3) is 2.52. The molecular formula is C12H15BrO2. The van der Waals surface area contributed by atoms with Crippen molar-refractivity contribution in [1.82, 2.24) is 0 Å². The largest absolute Gasteiger partial charge is 0.508 e. The summed E-state index contributed by atoms with van der Waals surface area (Å²) in [7, 11) is 0. The van der Waals surface area contributed by atoms with Gasteiger partial charge in [-0.3, -0.25) is 0 Å². The van der Waals surface area contributed by atoms with Crippen LogP contribution in [-0.2, 0) is 11.2 Å². The molecule has 2 nitrogen and oxygen atoms in total. The van der Waals surface area contributed by atoms with Gasteiger partial charge in [0.25, 0.3) is 0 Å². The van der Waals surface area contributed by atoms with E-state index in [1.807, 2.05) is 18.2 Å². The van der Waals surface area contributed by atoms with Crippen molar-refractivity contribution in [2.75, 3.05) is 11.9 Å². The Bertz CT molecular complexity index is 332. The van der Waals surface area contributed by atoms with Gasteiger partial charge in [0, 0.05) is 18.4 Å². The fourth-order valence-corrected chi connectivity index (χ4v) is 2.73. The Morgan fingerprint density at radius 1 is 1.47 bits per heavy atom. The number of phenolic OH excluding ortho intramolecular Hbond substituents is 1. The van der Waals surface area contributed by atoms with Crippen LogP contribution < -0.4 is 0 Å². The topological polar surface area (TPSA) is 29.5 Å². The van der Waals surface area contributed by atoms with Crippen molar-refractivity contribution in [1.29, 1.82) is 0 Å². The van der Waals surface area contributed by atoms with E-state index >= 15 is 0 Å². The van der Waals surface area contributed by atoms with Crippen LogP contribution in [0.3, 0.4) is 0 Å². The molecule has 1 aromatic rings. The predicted molar refractivity (Wildman–Crippen MR) is 63.5 cm³/mol. The van der Waals surface area contributed by atoms with Gasteiger partial charge in [-0.2, -0.15) is 0 Å². The zero-order valence-corrected chi connectivity index (χ0v) is 10.2. The van der Waals surface area contributed by atoms with Crippen molar-refractivity contribution < 1.29 is 9.84 Å². The zero-order chi connectivity index (χ0) is 10.7. The van der Waals surface area contributed by atoms with Crippen molar-refractivity contribution in [3.05, 3.63) is 29.8 Å². The summed E-state index contributed by atoms with van der Waals surface area (Å²) in [6.07, 6.45) is 3.09. The smallest absolute Gasteiger partial charge is 0.115 e. The van der Waals surface area contributed by atoms with Crippen LogP contribution in [0.2, 0.25) is 0 Å². The molecule has 1 aromatic carbocycles. The van der Waals surface area contributed by atoms with Crippen LogP contribution in [0.4, 0.5) is 0 Å². The van der Waals surface area contributed by atoms with E-state index in [1.54, 1.807) is 6.07 Å². The number of benzene rings is 1. The van der Waals surface area contributed by atoms with Gasteiger partial charge in [-0.25, -0.2) is 0 Å². The molecule has 1 unspecified atom stereocenters. The third-order valence-corrected chi connectivity index (χ3v) is 3.89. The summed E-state index contributed by atoms with van der Waals surface area (Å²) in [6.45, 7) is 0.852. The number of alkyl halides is 1. The van der Waals surface area contributed by atoms with Gasteiger partial charge in [-0.05, 0) is 30.5 Å². The van der Waals surface area contributed by atoms with Gasteiger partial charge in [0.15, 0.2) is 0 Å². The minimum Gasteiger partial charge on any atom is -0.508 e. The number of aromatic hydroxyl groups is 1. The fourth-order valence-electron chi connectivity index (χ4n) is 2.09. The van der Waals surface area contributed by atoms with E-state index in [0.717, 1.165) is 36.8 Å². The molecule has 1 fully saturated rings. The summed E-state index contributed by atoms with van der Waals surface area (Å²) in [5.74, 6) is 0.329. The van der Waals surface area contributed by atoms with E-state index in [-0.39, 0.29) is 5.60 Å². The second-order valence-electron chi connectivity index (χ2n) is 4.12. The molecule has 0 bridgehead atoms. The average molecular weight is 271 g/mol. The number of halogens is 1. The van der Waals surface area contributed by atoms with E-state index in [9.17, 15) is 5.11 Å². The Balaban J connectivity index is 2.12. The van der Waals surface area contributed by atoms with Gasteiger partial charge in [0.05, 0.1) is 5.60 Å². The second-order valence-corrected chi connectivity index (χ2v) is 4.68. The lowest BCUT2D eigenvalue weighted by Gasteiger charge is -2.26. The lowest BCUT2D eigenvalue weighted by atomic mass is 9.93. The Kier molecular flexibility index (Phi) is 3.32. The molecule has 1 aliphatic rings. The molecule has 15 heavy (non-hydrogen) atoms. The maximum atomic E-state index is 9.39. The van der Waals surface area contributed by atoms with Crippen molar-refractivity contribution in [3.63, 3.8) is 0 Å². The van der Waals surface area contributed by atoms with Crippen LogP contribution in [0.15, 0.2) is 24.3 Å². The van der Waals surface area contributed by atoms with Crippen molar-refractivity contribution >= 4 is 15.9 Å². The summed E-state index contributed by atoms with van der Waals surface area (Å²) in [5.41, 5.74) is 1.07. The first-order valence-electron chi connectivity index (χ1n) is 5.22. The van der Waals surface area contributed by atoms with Crippen LogP contribution in [0, 0.1) is 0 Å². The van der Waals surface area contributed by atoms with Crippen molar-refractivity contribution in [2.45, 2.75) is 24.9 Å². The normalized spacial score (nSPS) is 25.7. The Labute approximate surface area is 98.4 Å². The number of rotatable bonds is 3. The number of ether oxygens (including phenoxy) is 1. The molecule has 1 atom stereocenters. The molecule has 82 valence electrons. The number of hydrogen-bond donors (Lipinski definition) is 1. The molecule has 1 heterocycles. The average Bonchev–Trinajstić information content (AvgIpc) is 2.67. The van der Waals surface area contributed by atoms with Crippen LogP contribution in [0.25, 0.3) is 0 Å². The van der Waals surface area contributed by atoms with Crippen molar-refractivity contribution in [3.8, 4) is 5.75 Å². The lowest BCUT2D eigenvalue weighted by molar-refractivity contribution is 0.0259. The highest BCUT2D eigenvalue weighted by atomic mass is 79.9. The SMILES string of the molecule is Oc1cccc(CC2(CBr)CCCO2)c1. The van der Waals surface area contributed by atoms with Crippen LogP contribution in [0.1, 0.15) is 18.4 Å². The van der Waals surface area contributed by atoms with Gasteiger partial charge in [-0.1, -0.05) is 28.1 Å². The Morgan fingerprint density at radius 2 is 2.33 bits per heavy atom. The summed E-state index contributed by atoms with van der Waals surface area (Å²) >= 11 is 3.52. The van der Waals surface area contributed by atoms with Crippen LogP contribution >= 0.6 is 15.9 Å². The van der Waals surface area contributed by atoms with E-state index in [4.69, 9.17) is 4.74 Å². The van der Waals surface area contributed by atoms with E-state index in [1.165, 1.54) is 0 Å². The molecule has 0 amide bonds. The molecule has 2 rings (SSSR count). The van der Waals surface area contributed by atoms with Gasteiger partial charge in [0.1, 0.15) is 5.75 Å². The zero-order valence-electron chi connectivity index (χ0n) is 8.58. The maximum absolute atomic E-state index is 9.39. The molecule has 0 saturated carbocycles. The quantitative estimate of drug-likeness (QED) is 0.856. The molecule has 3 heteroatoms. The van der Waals surface area contributed by atoms with E-state index < -0.39 is 0 Å². The fraction of sp³-hybridized carbons (Fsp3) is 0.500.